The molecule has 104 valence electrons. The largest absolute Gasteiger partial charge is 0.396 e. The molecule has 0 unspecified atom stereocenters. The van der Waals surface area contributed by atoms with E-state index < -0.39 is 17.5 Å². The average Bonchev–Trinajstić information content (AvgIpc) is 2.38. The van der Waals surface area contributed by atoms with Gasteiger partial charge < -0.3 is 11.1 Å². The summed E-state index contributed by atoms with van der Waals surface area (Å²) in [6.45, 7) is 0. The van der Waals surface area contributed by atoms with Crippen LogP contribution in [0.15, 0.2) is 39.3 Å². The molecule has 2 rings (SSSR count). The Labute approximate surface area is 130 Å². The summed E-state index contributed by atoms with van der Waals surface area (Å²) in [5.41, 5.74) is 5.73. The number of nitrogens with one attached hydrogen (secondary N) is 1. The summed E-state index contributed by atoms with van der Waals surface area (Å²) in [6.07, 6.45) is 0. The Morgan fingerprint density at radius 3 is 2.40 bits per heavy atom. The first-order chi connectivity index (χ1) is 9.38. The van der Waals surface area contributed by atoms with E-state index in [1.165, 1.54) is 24.3 Å². The van der Waals surface area contributed by atoms with Gasteiger partial charge in [0.05, 0.1) is 15.7 Å². The van der Waals surface area contributed by atoms with Gasteiger partial charge in [-0.05, 0) is 62.2 Å². The Morgan fingerprint density at radius 2 is 1.75 bits per heavy atom. The number of nitrogen functional groups attached to an aromatic ring is 1. The van der Waals surface area contributed by atoms with Gasteiger partial charge in [-0.25, -0.2) is 8.78 Å². The van der Waals surface area contributed by atoms with E-state index >= 15 is 0 Å². The van der Waals surface area contributed by atoms with Gasteiger partial charge in [-0.3, -0.25) is 4.79 Å². The maximum Gasteiger partial charge on any atom is 0.256 e. The van der Waals surface area contributed by atoms with Crippen LogP contribution in [-0.4, -0.2) is 5.91 Å². The number of hydrogen-bond donors (Lipinski definition) is 2. The second-order valence-corrected chi connectivity index (χ2v) is 5.65. The minimum atomic E-state index is -0.622. The van der Waals surface area contributed by atoms with E-state index in [2.05, 4.69) is 37.2 Å². The van der Waals surface area contributed by atoms with Gasteiger partial charge in [0.25, 0.3) is 5.91 Å². The average molecular weight is 406 g/mol. The zero-order valence-electron chi connectivity index (χ0n) is 9.88. The van der Waals surface area contributed by atoms with Gasteiger partial charge in [0, 0.05) is 10.2 Å². The van der Waals surface area contributed by atoms with E-state index in [1.54, 1.807) is 0 Å². The molecule has 0 atom stereocenters. The summed E-state index contributed by atoms with van der Waals surface area (Å²) in [4.78, 5) is 12.0. The fourth-order valence-electron chi connectivity index (χ4n) is 1.51. The van der Waals surface area contributed by atoms with Crippen LogP contribution in [0.2, 0.25) is 0 Å². The van der Waals surface area contributed by atoms with Gasteiger partial charge in [-0.15, -0.1) is 0 Å². The number of nitrogens with two attached hydrogens (primary N) is 1. The molecule has 20 heavy (non-hydrogen) atoms. The summed E-state index contributed by atoms with van der Waals surface area (Å²) in [6, 6.07) is 6.49. The van der Waals surface area contributed by atoms with E-state index in [-0.39, 0.29) is 21.4 Å². The highest BCUT2D eigenvalue weighted by Gasteiger charge is 2.14. The lowest BCUT2D eigenvalue weighted by atomic mass is 10.1. The number of hydrogen-bond acceptors (Lipinski definition) is 2. The molecule has 2 aromatic carbocycles. The summed E-state index contributed by atoms with van der Waals surface area (Å²) >= 11 is 6.10. The van der Waals surface area contributed by atoms with Crippen molar-refractivity contribution in [3.05, 3.63) is 56.5 Å². The molecular formula is C13H8Br2F2N2O. The van der Waals surface area contributed by atoms with Crippen molar-refractivity contribution in [3.63, 3.8) is 0 Å². The van der Waals surface area contributed by atoms with Crippen LogP contribution < -0.4 is 11.1 Å². The molecule has 1 amide bonds. The van der Waals surface area contributed by atoms with Crippen molar-refractivity contribution < 1.29 is 13.6 Å². The second kappa shape index (κ2) is 5.88. The molecule has 2 aromatic rings. The Balaban J connectivity index is 2.28. The van der Waals surface area contributed by atoms with Crippen LogP contribution in [0.4, 0.5) is 20.2 Å². The molecule has 7 heteroatoms. The van der Waals surface area contributed by atoms with Crippen LogP contribution in [0.5, 0.6) is 0 Å². The molecule has 0 radical (unpaired) electrons. The maximum atomic E-state index is 13.4. The minimum Gasteiger partial charge on any atom is -0.396 e. The van der Waals surface area contributed by atoms with Gasteiger partial charge >= 0.3 is 0 Å². The molecule has 0 saturated carbocycles. The summed E-state index contributed by atoms with van der Waals surface area (Å²) < 4.78 is 27.1. The monoisotopic (exact) mass is 404 g/mol. The van der Waals surface area contributed by atoms with Crippen LogP contribution in [-0.2, 0) is 0 Å². The zero-order chi connectivity index (χ0) is 14.9. The molecule has 0 spiro atoms. The lowest BCUT2D eigenvalue weighted by Crippen LogP contribution is -2.13. The standard InChI is InChI=1S/C13H8Br2F2N2O/c14-8-2-1-6(3-10(8)16)19-13(20)7-4-12(18)11(17)5-9(7)15/h1-5H,18H2,(H,19,20). The third kappa shape index (κ3) is 3.16. The van der Waals surface area contributed by atoms with Gasteiger partial charge in [0.1, 0.15) is 11.6 Å². The Morgan fingerprint density at radius 1 is 1.05 bits per heavy atom. The predicted octanol–water partition coefficient (Wildman–Crippen LogP) is 4.32. The molecular weight excluding hydrogens is 398 g/mol. The fourth-order valence-corrected chi connectivity index (χ4v) is 2.25. The Bertz CT molecular complexity index is 692. The molecule has 3 N–H and O–H groups in total. The number of amides is 1. The van der Waals surface area contributed by atoms with E-state index in [4.69, 9.17) is 5.73 Å². The van der Waals surface area contributed by atoms with Crippen molar-refractivity contribution in [1.82, 2.24) is 0 Å². The predicted molar refractivity (Wildman–Crippen MR) is 80.6 cm³/mol. The number of anilines is 2. The van der Waals surface area contributed by atoms with Crippen LogP contribution in [0.1, 0.15) is 10.4 Å². The highest BCUT2D eigenvalue weighted by atomic mass is 79.9. The van der Waals surface area contributed by atoms with E-state index in [0.717, 1.165) is 6.07 Å². The Hall–Kier alpha value is -1.47. The molecule has 0 bridgehead atoms. The van der Waals surface area contributed by atoms with Gasteiger partial charge in [-0.1, -0.05) is 0 Å². The normalized spacial score (nSPS) is 10.4. The second-order valence-electron chi connectivity index (χ2n) is 3.94. The van der Waals surface area contributed by atoms with Gasteiger partial charge in [0.15, 0.2) is 0 Å². The lowest BCUT2D eigenvalue weighted by molar-refractivity contribution is 0.102. The van der Waals surface area contributed by atoms with E-state index in [9.17, 15) is 13.6 Å². The quantitative estimate of drug-likeness (QED) is 0.731. The molecule has 0 aliphatic heterocycles. The summed E-state index contributed by atoms with van der Waals surface area (Å²) in [5.74, 6) is -1.64. The topological polar surface area (TPSA) is 55.1 Å². The summed E-state index contributed by atoms with van der Waals surface area (Å²) in [5, 5.41) is 2.51. The fraction of sp³-hybridized carbons (Fsp3) is 0. The highest BCUT2D eigenvalue weighted by Crippen LogP contribution is 2.25. The SMILES string of the molecule is Nc1cc(C(=O)Nc2ccc(Br)c(F)c2)c(Br)cc1F. The first-order valence-electron chi connectivity index (χ1n) is 5.39. The number of carbonyl (C=O) groups excluding carboxylic acids is 1. The third-order valence-corrected chi connectivity index (χ3v) is 3.81. The van der Waals surface area contributed by atoms with Crippen LogP contribution in [0.25, 0.3) is 0 Å². The van der Waals surface area contributed by atoms with Crippen LogP contribution >= 0.6 is 31.9 Å². The number of halogens is 4. The van der Waals surface area contributed by atoms with Crippen molar-refractivity contribution in [3.8, 4) is 0 Å². The highest BCUT2D eigenvalue weighted by molar-refractivity contribution is 9.10. The molecule has 0 saturated heterocycles. The number of carbonyl (C=O) groups is 1. The smallest absolute Gasteiger partial charge is 0.256 e. The first-order valence-corrected chi connectivity index (χ1v) is 6.98. The number of benzene rings is 2. The van der Waals surface area contributed by atoms with Gasteiger partial charge in [0.2, 0.25) is 0 Å². The first kappa shape index (κ1) is 14.9. The molecule has 0 aliphatic rings. The molecule has 0 fully saturated rings. The van der Waals surface area contributed by atoms with Gasteiger partial charge in [-0.2, -0.15) is 0 Å². The van der Waals surface area contributed by atoms with E-state index in [0.29, 0.717) is 4.47 Å². The molecule has 3 nitrogen and oxygen atoms in total. The van der Waals surface area contributed by atoms with Crippen LogP contribution in [0.3, 0.4) is 0 Å². The zero-order valence-corrected chi connectivity index (χ0v) is 13.1. The third-order valence-electron chi connectivity index (χ3n) is 2.51. The van der Waals surface area contributed by atoms with Crippen molar-refractivity contribution in [1.29, 1.82) is 0 Å². The molecule has 0 aliphatic carbocycles. The lowest BCUT2D eigenvalue weighted by Gasteiger charge is -2.09. The van der Waals surface area contributed by atoms with Crippen molar-refractivity contribution >= 4 is 49.1 Å². The minimum absolute atomic E-state index is 0.139. The summed E-state index contributed by atoms with van der Waals surface area (Å²) in [7, 11) is 0. The Kier molecular flexibility index (Phi) is 4.39. The molecule has 0 aromatic heterocycles. The van der Waals surface area contributed by atoms with Crippen LogP contribution in [0, 0.1) is 11.6 Å². The maximum absolute atomic E-state index is 13.4. The van der Waals surface area contributed by atoms with Crippen molar-refractivity contribution in [2.75, 3.05) is 11.1 Å². The van der Waals surface area contributed by atoms with E-state index in [1.807, 2.05) is 0 Å². The van der Waals surface area contributed by atoms with Crippen molar-refractivity contribution in [2.24, 2.45) is 0 Å². The number of rotatable bonds is 2. The van der Waals surface area contributed by atoms with Crippen molar-refractivity contribution in [2.45, 2.75) is 0 Å². The molecule has 0 heterocycles.